The molecular formula is C19H14ClF3N4O3. The fourth-order valence-corrected chi connectivity index (χ4v) is 2.66. The number of pyridine rings is 1. The molecule has 3 aromatic rings. The zero-order valence-electron chi connectivity index (χ0n) is 15.2. The zero-order valence-corrected chi connectivity index (χ0v) is 15.9. The van der Waals surface area contributed by atoms with Crippen LogP contribution in [0.15, 0.2) is 59.5 Å². The third kappa shape index (κ3) is 5.80. The molecule has 0 aliphatic heterocycles. The lowest BCUT2D eigenvalue weighted by atomic mass is 10.2. The number of rotatable bonds is 6. The fraction of sp³-hybridized carbons (Fsp3) is 0.158. The number of hydrogen-bond donors (Lipinski definition) is 1. The van der Waals surface area contributed by atoms with Gasteiger partial charge in [-0.15, -0.1) is 13.2 Å². The third-order valence-corrected chi connectivity index (χ3v) is 4.21. The maximum absolute atomic E-state index is 12.2. The van der Waals surface area contributed by atoms with Gasteiger partial charge in [0.25, 0.3) is 5.56 Å². The van der Waals surface area contributed by atoms with Crippen molar-refractivity contribution in [3.05, 3.63) is 75.7 Å². The summed E-state index contributed by atoms with van der Waals surface area (Å²) in [5.74, 6) is -1.09. The van der Waals surface area contributed by atoms with Gasteiger partial charge in [0.2, 0.25) is 11.8 Å². The standard InChI is InChI=1S/C19H14ClF3N4O3/c20-14-4-2-1-3-12(14)9-24-16(28)11-27-18(29)8-6-15(26-27)13-5-7-17(25-10-13)30-19(21,22)23/h1-8,10H,9,11H2,(H,24,28). The Kier molecular flexibility index (Phi) is 6.36. The highest BCUT2D eigenvalue weighted by Gasteiger charge is 2.31. The minimum Gasteiger partial charge on any atom is -0.388 e. The summed E-state index contributed by atoms with van der Waals surface area (Å²) >= 11 is 6.03. The van der Waals surface area contributed by atoms with Crippen molar-refractivity contribution in [3.8, 4) is 17.1 Å². The van der Waals surface area contributed by atoms with Crippen LogP contribution in [-0.4, -0.2) is 27.0 Å². The van der Waals surface area contributed by atoms with E-state index in [1.807, 2.05) is 0 Å². The molecule has 156 valence electrons. The fourth-order valence-electron chi connectivity index (χ4n) is 2.45. The van der Waals surface area contributed by atoms with Crippen LogP contribution >= 0.6 is 11.6 Å². The summed E-state index contributed by atoms with van der Waals surface area (Å²) in [7, 11) is 0. The maximum Gasteiger partial charge on any atom is 0.574 e. The molecule has 0 bridgehead atoms. The Morgan fingerprint density at radius 1 is 1.13 bits per heavy atom. The molecule has 0 saturated heterocycles. The van der Waals surface area contributed by atoms with Crippen molar-refractivity contribution in [2.75, 3.05) is 0 Å². The van der Waals surface area contributed by atoms with Crippen molar-refractivity contribution < 1.29 is 22.7 Å². The van der Waals surface area contributed by atoms with Crippen LogP contribution in [-0.2, 0) is 17.9 Å². The molecule has 1 amide bonds. The molecule has 1 N–H and O–H groups in total. The van der Waals surface area contributed by atoms with E-state index in [1.54, 1.807) is 24.3 Å². The number of alkyl halides is 3. The van der Waals surface area contributed by atoms with Gasteiger partial charge in [-0.3, -0.25) is 9.59 Å². The molecule has 0 saturated carbocycles. The lowest BCUT2D eigenvalue weighted by Crippen LogP contribution is -2.33. The molecule has 0 aliphatic rings. The highest BCUT2D eigenvalue weighted by Crippen LogP contribution is 2.23. The average molecular weight is 439 g/mol. The quantitative estimate of drug-likeness (QED) is 0.639. The van der Waals surface area contributed by atoms with Crippen LogP contribution in [0.5, 0.6) is 5.88 Å². The first-order valence-corrected chi connectivity index (χ1v) is 8.89. The zero-order chi connectivity index (χ0) is 21.7. The predicted octanol–water partition coefficient (Wildman–Crippen LogP) is 3.17. The van der Waals surface area contributed by atoms with E-state index in [-0.39, 0.29) is 18.8 Å². The second kappa shape index (κ2) is 8.95. The van der Waals surface area contributed by atoms with Gasteiger partial charge in [-0.05, 0) is 23.8 Å². The van der Waals surface area contributed by atoms with E-state index >= 15 is 0 Å². The molecule has 7 nitrogen and oxygen atoms in total. The molecule has 2 aromatic heterocycles. The number of ether oxygens (including phenoxy) is 1. The van der Waals surface area contributed by atoms with Gasteiger partial charge >= 0.3 is 6.36 Å². The Labute approximate surface area is 173 Å². The van der Waals surface area contributed by atoms with Gasteiger partial charge in [-0.25, -0.2) is 9.67 Å². The number of halogens is 4. The van der Waals surface area contributed by atoms with Gasteiger partial charge in [0.15, 0.2) is 0 Å². The lowest BCUT2D eigenvalue weighted by Gasteiger charge is -2.10. The Bertz CT molecular complexity index is 1100. The Morgan fingerprint density at radius 3 is 2.57 bits per heavy atom. The summed E-state index contributed by atoms with van der Waals surface area (Å²) in [5.41, 5.74) is 0.791. The first-order valence-electron chi connectivity index (χ1n) is 8.52. The Morgan fingerprint density at radius 2 is 1.90 bits per heavy atom. The van der Waals surface area contributed by atoms with Crippen molar-refractivity contribution in [1.29, 1.82) is 0 Å². The molecule has 0 fully saturated rings. The molecule has 11 heteroatoms. The molecule has 1 aromatic carbocycles. The normalized spacial score (nSPS) is 11.2. The van der Waals surface area contributed by atoms with Gasteiger partial charge in [0.1, 0.15) is 6.54 Å². The average Bonchev–Trinajstić information content (AvgIpc) is 2.68. The minimum absolute atomic E-state index is 0.178. The van der Waals surface area contributed by atoms with Crippen LogP contribution in [0, 0.1) is 0 Å². The number of nitrogens with zero attached hydrogens (tertiary/aromatic N) is 3. The van der Waals surface area contributed by atoms with Crippen LogP contribution in [0.2, 0.25) is 5.02 Å². The summed E-state index contributed by atoms with van der Waals surface area (Å²) in [4.78, 5) is 27.8. The van der Waals surface area contributed by atoms with Gasteiger partial charge < -0.3 is 10.1 Å². The third-order valence-electron chi connectivity index (χ3n) is 3.85. The number of aromatic nitrogens is 3. The first kappa shape index (κ1) is 21.3. The second-order valence-electron chi connectivity index (χ2n) is 6.02. The van der Waals surface area contributed by atoms with E-state index in [0.29, 0.717) is 16.1 Å². The van der Waals surface area contributed by atoms with E-state index < -0.39 is 23.7 Å². The molecule has 2 heterocycles. The monoisotopic (exact) mass is 438 g/mol. The number of carbonyl (C=O) groups excluding carboxylic acids is 1. The van der Waals surface area contributed by atoms with Crippen molar-refractivity contribution in [1.82, 2.24) is 20.1 Å². The SMILES string of the molecule is O=C(Cn1nc(-c2ccc(OC(F)(F)F)nc2)ccc1=O)NCc1ccccc1Cl. The summed E-state index contributed by atoms with van der Waals surface area (Å²) in [6.07, 6.45) is -3.73. The van der Waals surface area contributed by atoms with Crippen LogP contribution in [0.1, 0.15) is 5.56 Å². The van der Waals surface area contributed by atoms with Crippen LogP contribution < -0.4 is 15.6 Å². The minimum atomic E-state index is -4.85. The van der Waals surface area contributed by atoms with Crippen LogP contribution in [0.4, 0.5) is 13.2 Å². The summed E-state index contributed by atoms with van der Waals surface area (Å²) in [6, 6.07) is 11.9. The summed E-state index contributed by atoms with van der Waals surface area (Å²) in [6.45, 7) is -0.169. The molecule has 0 unspecified atom stereocenters. The molecule has 30 heavy (non-hydrogen) atoms. The van der Waals surface area contributed by atoms with Gasteiger partial charge in [0.05, 0.1) is 5.69 Å². The van der Waals surface area contributed by atoms with Crippen molar-refractivity contribution in [2.24, 2.45) is 0 Å². The van der Waals surface area contributed by atoms with E-state index in [4.69, 9.17) is 11.6 Å². The van der Waals surface area contributed by atoms with E-state index in [9.17, 15) is 22.8 Å². The van der Waals surface area contributed by atoms with Crippen molar-refractivity contribution >= 4 is 17.5 Å². The number of nitrogens with one attached hydrogen (secondary N) is 1. The molecular weight excluding hydrogens is 425 g/mol. The molecule has 0 radical (unpaired) electrons. The highest BCUT2D eigenvalue weighted by atomic mass is 35.5. The first-order chi connectivity index (χ1) is 14.2. The van der Waals surface area contributed by atoms with E-state index in [2.05, 4.69) is 20.1 Å². The summed E-state index contributed by atoms with van der Waals surface area (Å²) < 4.78 is 41.3. The second-order valence-corrected chi connectivity index (χ2v) is 6.42. The number of hydrogen-bond acceptors (Lipinski definition) is 5. The van der Waals surface area contributed by atoms with Crippen LogP contribution in [0.25, 0.3) is 11.3 Å². The van der Waals surface area contributed by atoms with Gasteiger partial charge in [-0.1, -0.05) is 29.8 Å². The highest BCUT2D eigenvalue weighted by molar-refractivity contribution is 6.31. The predicted molar refractivity (Wildman–Crippen MR) is 102 cm³/mol. The lowest BCUT2D eigenvalue weighted by molar-refractivity contribution is -0.276. The molecule has 0 aliphatic carbocycles. The number of carbonyl (C=O) groups is 1. The van der Waals surface area contributed by atoms with Crippen molar-refractivity contribution in [2.45, 2.75) is 19.5 Å². The number of benzene rings is 1. The van der Waals surface area contributed by atoms with Gasteiger partial charge in [0, 0.05) is 35.5 Å². The Hall–Kier alpha value is -3.40. The molecule has 0 spiro atoms. The topological polar surface area (TPSA) is 86.1 Å². The van der Waals surface area contributed by atoms with Crippen LogP contribution in [0.3, 0.4) is 0 Å². The van der Waals surface area contributed by atoms with E-state index in [0.717, 1.165) is 16.9 Å². The summed E-state index contributed by atoms with van der Waals surface area (Å²) in [5, 5.41) is 7.22. The number of amides is 1. The Balaban J connectivity index is 1.70. The van der Waals surface area contributed by atoms with E-state index in [1.165, 1.54) is 18.2 Å². The largest absolute Gasteiger partial charge is 0.574 e. The van der Waals surface area contributed by atoms with Gasteiger partial charge in [-0.2, -0.15) is 5.10 Å². The van der Waals surface area contributed by atoms with Crippen molar-refractivity contribution in [3.63, 3.8) is 0 Å². The maximum atomic E-state index is 12.2. The molecule has 0 atom stereocenters. The molecule has 3 rings (SSSR count). The smallest absolute Gasteiger partial charge is 0.388 e.